The van der Waals surface area contributed by atoms with E-state index in [0.717, 1.165) is 6.54 Å². The molecule has 1 aromatic carbocycles. The number of non-ortho nitro benzene ring substituents is 1. The van der Waals surface area contributed by atoms with Crippen LogP contribution in [0, 0.1) is 15.3 Å². The third-order valence-electron chi connectivity index (χ3n) is 2.75. The maximum Gasteiger partial charge on any atom is 0.306 e. The van der Waals surface area contributed by atoms with Gasteiger partial charge in [0.2, 0.25) is 0 Å². The zero-order valence-corrected chi connectivity index (χ0v) is 10.7. The third-order valence-corrected chi connectivity index (χ3v) is 2.75. The average Bonchev–Trinajstić information content (AvgIpc) is 2.64. The minimum Gasteiger partial charge on any atom is -0.692 e. The molecule has 2 rings (SSSR count). The summed E-state index contributed by atoms with van der Waals surface area (Å²) in [4.78, 5) is 12.8. The largest absolute Gasteiger partial charge is 0.692 e. The summed E-state index contributed by atoms with van der Waals surface area (Å²) in [6.45, 7) is 1.39. The Kier molecular flexibility index (Phi) is 3.52. The molecule has 0 aliphatic heterocycles. The van der Waals surface area contributed by atoms with Crippen LogP contribution in [0.15, 0.2) is 18.2 Å². The molecule has 0 unspecified atom stereocenters. The number of nitrogens with one attached hydrogen (secondary N) is 2. The molecule has 0 atom stereocenters. The van der Waals surface area contributed by atoms with Crippen molar-refractivity contribution in [3.63, 3.8) is 0 Å². The van der Waals surface area contributed by atoms with Crippen molar-refractivity contribution >= 4 is 22.4 Å². The number of nitro benzene ring substituents is 1. The van der Waals surface area contributed by atoms with Gasteiger partial charge in [-0.25, -0.2) is 5.10 Å². The smallest absolute Gasteiger partial charge is 0.306 e. The van der Waals surface area contributed by atoms with Gasteiger partial charge in [-0.3, -0.25) is 15.4 Å². The Hall–Kier alpha value is -2.35. The summed E-state index contributed by atoms with van der Waals surface area (Å²) < 4.78 is 0. The van der Waals surface area contributed by atoms with E-state index < -0.39 is 4.92 Å². The topological polar surface area (TPSA) is 101 Å². The van der Waals surface area contributed by atoms with Gasteiger partial charge in [-0.05, 0) is 20.2 Å². The second-order valence-corrected chi connectivity index (χ2v) is 4.47. The molecule has 0 saturated heterocycles. The average molecular weight is 265 g/mol. The van der Waals surface area contributed by atoms with Gasteiger partial charge in [0.1, 0.15) is 0 Å². The Morgan fingerprint density at radius 2 is 2.21 bits per heavy atom. The lowest BCUT2D eigenvalue weighted by Gasteiger charge is -2.08. The van der Waals surface area contributed by atoms with E-state index in [1.54, 1.807) is 6.07 Å². The third kappa shape index (κ3) is 2.74. The highest BCUT2D eigenvalue weighted by atomic mass is 16.6. The van der Waals surface area contributed by atoms with Crippen molar-refractivity contribution < 1.29 is 9.77 Å². The first-order valence-corrected chi connectivity index (χ1v) is 5.77. The first-order chi connectivity index (χ1) is 8.99. The number of aromatic nitrogens is 2. The van der Waals surface area contributed by atoms with E-state index in [1.807, 2.05) is 19.0 Å². The van der Waals surface area contributed by atoms with Crippen LogP contribution in [-0.2, 0) is 0 Å². The molecule has 8 nitrogen and oxygen atoms in total. The lowest BCUT2D eigenvalue weighted by molar-refractivity contribution is -0.648. The molecule has 102 valence electrons. The van der Waals surface area contributed by atoms with E-state index in [9.17, 15) is 15.3 Å². The van der Waals surface area contributed by atoms with Gasteiger partial charge in [-0.1, -0.05) is 0 Å². The van der Waals surface area contributed by atoms with Crippen LogP contribution >= 0.6 is 0 Å². The van der Waals surface area contributed by atoms with Crippen molar-refractivity contribution in [2.45, 2.75) is 0 Å². The quantitative estimate of drug-likeness (QED) is 0.358. The monoisotopic (exact) mass is 265 g/mol. The number of hydrogen-bond donors (Lipinski definition) is 2. The molecule has 1 heterocycles. The Balaban J connectivity index is 2.29. The van der Waals surface area contributed by atoms with Crippen molar-refractivity contribution in [2.24, 2.45) is 0 Å². The maximum atomic E-state index is 11.7. The van der Waals surface area contributed by atoms with E-state index >= 15 is 0 Å². The lowest BCUT2D eigenvalue weighted by atomic mass is 10.2. The molecule has 8 heteroatoms. The zero-order valence-electron chi connectivity index (χ0n) is 10.7. The van der Waals surface area contributed by atoms with E-state index in [4.69, 9.17) is 0 Å². The molecule has 0 radical (unpaired) electrons. The van der Waals surface area contributed by atoms with E-state index in [0.29, 0.717) is 28.1 Å². The number of aromatic amines is 1. The highest BCUT2D eigenvalue weighted by Crippen LogP contribution is 2.23. The Bertz CT molecular complexity index is 608. The van der Waals surface area contributed by atoms with Crippen molar-refractivity contribution in [2.75, 3.05) is 32.5 Å². The van der Waals surface area contributed by atoms with E-state index in [-0.39, 0.29) is 5.69 Å². The molecule has 0 fully saturated rings. The van der Waals surface area contributed by atoms with Crippen LogP contribution in [0.5, 0.6) is 0 Å². The molecule has 0 bridgehead atoms. The molecule has 2 aromatic rings. The summed E-state index contributed by atoms with van der Waals surface area (Å²) >= 11 is 0. The van der Waals surface area contributed by atoms with Crippen molar-refractivity contribution in [3.05, 3.63) is 33.5 Å². The van der Waals surface area contributed by atoms with Crippen LogP contribution < -0.4 is 10.2 Å². The number of nitrogens with zero attached hydrogens (tertiary/aromatic N) is 3. The van der Waals surface area contributed by atoms with Crippen LogP contribution in [0.4, 0.5) is 11.5 Å². The highest BCUT2D eigenvalue weighted by Gasteiger charge is 2.16. The zero-order chi connectivity index (χ0) is 14.0. The molecule has 0 aliphatic carbocycles. The summed E-state index contributed by atoms with van der Waals surface area (Å²) in [5, 5.41) is 28.6. The molecule has 0 saturated carbocycles. The fourth-order valence-corrected chi connectivity index (χ4v) is 1.78. The second-order valence-electron chi connectivity index (χ2n) is 4.47. The maximum absolute atomic E-state index is 11.7. The molecular weight excluding hydrogens is 250 g/mol. The molecule has 19 heavy (non-hydrogen) atoms. The van der Waals surface area contributed by atoms with Gasteiger partial charge < -0.3 is 10.1 Å². The standard InChI is InChI=1S/C11H15N5O3/c1-14(2)6-5-12-11-9-4-3-8(16(18)19)7-10(9)13-15(11)17/h3-4,7,12-13H,5-6H2,1-2H3. The SMILES string of the molecule is CN(C)CCNc1c2ccc([N+](=O)[O-])cc2[nH][n+]1[O-]. The Labute approximate surface area is 109 Å². The van der Waals surface area contributed by atoms with Crippen LogP contribution in [0.25, 0.3) is 10.9 Å². The molecule has 2 N–H and O–H groups in total. The van der Waals surface area contributed by atoms with E-state index in [2.05, 4.69) is 10.4 Å². The van der Waals surface area contributed by atoms with Gasteiger partial charge in [-0.2, -0.15) is 4.85 Å². The van der Waals surface area contributed by atoms with Gasteiger partial charge in [-0.15, -0.1) is 0 Å². The molecule has 0 aliphatic rings. The normalized spacial score (nSPS) is 11.1. The predicted octanol–water partition coefficient (Wildman–Crippen LogP) is 0.683. The second kappa shape index (κ2) is 5.11. The van der Waals surface area contributed by atoms with Gasteiger partial charge in [0.15, 0.2) is 0 Å². The number of anilines is 1. The Morgan fingerprint density at radius 1 is 1.47 bits per heavy atom. The number of likely N-dealkylation sites (N-methyl/N-ethyl adjacent to an activating group) is 1. The van der Waals surface area contributed by atoms with Crippen LogP contribution in [-0.4, -0.2) is 42.1 Å². The summed E-state index contributed by atoms with van der Waals surface area (Å²) in [5.41, 5.74) is 0.394. The highest BCUT2D eigenvalue weighted by molar-refractivity contribution is 5.89. The predicted molar refractivity (Wildman–Crippen MR) is 71.0 cm³/mol. The number of nitro groups is 1. The van der Waals surface area contributed by atoms with Gasteiger partial charge in [0, 0.05) is 18.7 Å². The van der Waals surface area contributed by atoms with Gasteiger partial charge >= 0.3 is 5.82 Å². The summed E-state index contributed by atoms with van der Waals surface area (Å²) in [7, 11) is 3.87. The number of hydrogen-bond acceptors (Lipinski definition) is 5. The number of fused-ring (bicyclic) bond motifs is 1. The van der Waals surface area contributed by atoms with Gasteiger partial charge in [0.25, 0.3) is 5.69 Å². The Morgan fingerprint density at radius 3 is 2.84 bits per heavy atom. The fourth-order valence-electron chi connectivity index (χ4n) is 1.78. The minimum atomic E-state index is -0.492. The van der Waals surface area contributed by atoms with Crippen molar-refractivity contribution in [1.29, 1.82) is 0 Å². The van der Waals surface area contributed by atoms with E-state index in [1.165, 1.54) is 12.1 Å². The summed E-state index contributed by atoms with van der Waals surface area (Å²) in [6.07, 6.45) is 0. The van der Waals surface area contributed by atoms with Crippen molar-refractivity contribution in [3.8, 4) is 0 Å². The molecular formula is C11H15N5O3. The first-order valence-electron chi connectivity index (χ1n) is 5.77. The summed E-state index contributed by atoms with van der Waals surface area (Å²) in [6, 6.07) is 4.30. The summed E-state index contributed by atoms with van der Waals surface area (Å²) in [5.74, 6) is 0.381. The molecule has 0 amide bonds. The number of rotatable bonds is 5. The molecule has 1 aromatic heterocycles. The minimum absolute atomic E-state index is 0.0470. The van der Waals surface area contributed by atoms with Gasteiger partial charge in [0.05, 0.1) is 22.4 Å². The number of H-pyrrole nitrogens is 1. The lowest BCUT2D eigenvalue weighted by Crippen LogP contribution is -2.33. The molecule has 0 spiro atoms. The number of benzene rings is 1. The van der Waals surface area contributed by atoms with Crippen LogP contribution in [0.1, 0.15) is 0 Å². The first kappa shape index (κ1) is 13.1. The fraction of sp³-hybridized carbons (Fsp3) is 0.364. The van der Waals surface area contributed by atoms with Crippen LogP contribution in [0.3, 0.4) is 0 Å². The van der Waals surface area contributed by atoms with Crippen molar-refractivity contribution in [1.82, 2.24) is 10.00 Å². The van der Waals surface area contributed by atoms with Crippen LogP contribution in [0.2, 0.25) is 0 Å².